The number of amides is 1. The van der Waals surface area contributed by atoms with Gasteiger partial charge in [-0.25, -0.2) is 0 Å². The number of carbonyl (C=O) groups excluding carboxylic acids is 1. The fourth-order valence-corrected chi connectivity index (χ4v) is 4.45. The fraction of sp³-hybridized carbons (Fsp3) is 0.211. The van der Waals surface area contributed by atoms with Crippen LogP contribution < -0.4 is 10.6 Å². The molecule has 3 rings (SSSR count). The van der Waals surface area contributed by atoms with Crippen molar-refractivity contribution in [3.05, 3.63) is 65.2 Å². The molecule has 27 heavy (non-hydrogen) atoms. The number of hydrogen-bond acceptors (Lipinski definition) is 6. The first kappa shape index (κ1) is 19.7. The van der Waals surface area contributed by atoms with Gasteiger partial charge in [0.05, 0.1) is 5.25 Å². The van der Waals surface area contributed by atoms with E-state index < -0.39 is 0 Å². The number of nitrogens with zero attached hydrogens (tertiary/aromatic N) is 2. The van der Waals surface area contributed by atoms with Crippen molar-refractivity contribution >= 4 is 51.4 Å². The molecule has 0 unspecified atom stereocenters. The molecule has 0 spiro atoms. The molecule has 0 bridgehead atoms. The van der Waals surface area contributed by atoms with Gasteiger partial charge in [0.1, 0.15) is 0 Å². The zero-order chi connectivity index (χ0) is 19.1. The Hall–Kier alpha value is -2.09. The normalized spacial score (nSPS) is 11.8. The zero-order valence-corrected chi connectivity index (χ0v) is 17.1. The highest BCUT2D eigenvalue weighted by Crippen LogP contribution is 2.30. The third-order valence-electron chi connectivity index (χ3n) is 3.68. The van der Waals surface area contributed by atoms with Crippen molar-refractivity contribution in [2.24, 2.45) is 0 Å². The third kappa shape index (κ3) is 6.23. The predicted molar refractivity (Wildman–Crippen MR) is 113 cm³/mol. The molecule has 0 aliphatic rings. The topological polar surface area (TPSA) is 66.9 Å². The van der Waals surface area contributed by atoms with E-state index in [2.05, 4.69) is 33.0 Å². The molecule has 1 heterocycles. The number of benzene rings is 2. The summed E-state index contributed by atoms with van der Waals surface area (Å²) in [5.74, 6) is -0.00418. The second-order valence-electron chi connectivity index (χ2n) is 5.80. The predicted octanol–water partition coefficient (Wildman–Crippen LogP) is 4.77. The first-order chi connectivity index (χ1) is 13.1. The summed E-state index contributed by atoms with van der Waals surface area (Å²) in [5.41, 5.74) is 2.06. The highest BCUT2D eigenvalue weighted by atomic mass is 35.5. The van der Waals surface area contributed by atoms with Crippen molar-refractivity contribution < 1.29 is 4.79 Å². The zero-order valence-electron chi connectivity index (χ0n) is 14.7. The minimum atomic E-state index is -0.243. The van der Waals surface area contributed by atoms with Gasteiger partial charge in [0.2, 0.25) is 11.0 Å². The quantitative estimate of drug-likeness (QED) is 0.515. The number of aromatic nitrogens is 2. The van der Waals surface area contributed by atoms with E-state index in [4.69, 9.17) is 11.6 Å². The average molecular weight is 419 g/mol. The maximum absolute atomic E-state index is 12.3. The van der Waals surface area contributed by atoms with Crippen molar-refractivity contribution in [3.63, 3.8) is 0 Å². The second-order valence-corrected chi connectivity index (χ2v) is 8.80. The van der Waals surface area contributed by atoms with Gasteiger partial charge in [-0.05, 0) is 37.1 Å². The summed E-state index contributed by atoms with van der Waals surface area (Å²) < 4.78 is 0.741. The standard InChI is InChI=1S/C19H19ClN4OS2/c1-13(17(25)21-11-10-14-6-3-2-4-7-14)26-19-24-23-18(27-19)22-16-9-5-8-15(20)12-16/h2-9,12-13H,10-11H2,1H3,(H,21,25)(H,22,23)/t13-/m0/s1. The van der Waals surface area contributed by atoms with Crippen molar-refractivity contribution in [1.29, 1.82) is 0 Å². The van der Waals surface area contributed by atoms with Gasteiger partial charge in [0, 0.05) is 17.3 Å². The molecule has 3 aromatic rings. The lowest BCUT2D eigenvalue weighted by Crippen LogP contribution is -2.32. The first-order valence-corrected chi connectivity index (χ1v) is 10.5. The summed E-state index contributed by atoms with van der Waals surface area (Å²) >= 11 is 8.79. The molecular weight excluding hydrogens is 400 g/mol. The molecular formula is C19H19ClN4OS2. The number of thioether (sulfide) groups is 1. The minimum absolute atomic E-state index is 0.00418. The summed E-state index contributed by atoms with van der Waals surface area (Å²) in [5, 5.41) is 15.5. The van der Waals surface area contributed by atoms with Crippen molar-refractivity contribution in [3.8, 4) is 0 Å². The van der Waals surface area contributed by atoms with Crippen LogP contribution in [0.4, 0.5) is 10.8 Å². The van der Waals surface area contributed by atoms with E-state index in [1.165, 1.54) is 28.7 Å². The van der Waals surface area contributed by atoms with Crippen LogP contribution >= 0.6 is 34.7 Å². The Morgan fingerprint density at radius 2 is 2.00 bits per heavy atom. The molecule has 0 aliphatic carbocycles. The third-order valence-corrected chi connectivity index (χ3v) is 5.94. The summed E-state index contributed by atoms with van der Waals surface area (Å²) in [4.78, 5) is 12.3. The maximum Gasteiger partial charge on any atom is 0.233 e. The van der Waals surface area contributed by atoms with Crippen LogP contribution in [-0.4, -0.2) is 27.9 Å². The van der Waals surface area contributed by atoms with Gasteiger partial charge in [-0.1, -0.05) is 71.1 Å². The van der Waals surface area contributed by atoms with E-state index in [0.29, 0.717) is 16.7 Å². The van der Waals surface area contributed by atoms with E-state index in [-0.39, 0.29) is 11.2 Å². The van der Waals surface area contributed by atoms with Gasteiger partial charge in [0.15, 0.2) is 4.34 Å². The Labute approximate surface area is 171 Å². The lowest BCUT2D eigenvalue weighted by molar-refractivity contribution is -0.120. The van der Waals surface area contributed by atoms with Gasteiger partial charge in [-0.15, -0.1) is 10.2 Å². The van der Waals surface area contributed by atoms with Crippen LogP contribution in [0.5, 0.6) is 0 Å². The molecule has 0 aliphatic heterocycles. The Morgan fingerprint density at radius 3 is 2.78 bits per heavy atom. The van der Waals surface area contributed by atoms with E-state index in [0.717, 1.165) is 16.4 Å². The van der Waals surface area contributed by atoms with Crippen molar-refractivity contribution in [2.75, 3.05) is 11.9 Å². The van der Waals surface area contributed by atoms with Crippen molar-refractivity contribution in [2.45, 2.75) is 22.9 Å². The smallest absolute Gasteiger partial charge is 0.233 e. The highest BCUT2D eigenvalue weighted by Gasteiger charge is 2.17. The first-order valence-electron chi connectivity index (χ1n) is 8.44. The number of anilines is 2. The molecule has 1 aromatic heterocycles. The summed E-state index contributed by atoms with van der Waals surface area (Å²) in [7, 11) is 0. The average Bonchev–Trinajstić information content (AvgIpc) is 3.09. The summed E-state index contributed by atoms with van der Waals surface area (Å²) in [6, 6.07) is 17.5. The second kappa shape index (κ2) is 9.73. The Kier molecular flexibility index (Phi) is 7.09. The molecule has 1 atom stereocenters. The van der Waals surface area contributed by atoms with Crippen molar-refractivity contribution in [1.82, 2.24) is 15.5 Å². The van der Waals surface area contributed by atoms with Crippen LogP contribution in [0.15, 0.2) is 58.9 Å². The van der Waals surface area contributed by atoms with Gasteiger partial charge in [0.25, 0.3) is 0 Å². The minimum Gasteiger partial charge on any atom is -0.355 e. The largest absolute Gasteiger partial charge is 0.355 e. The van der Waals surface area contributed by atoms with E-state index in [9.17, 15) is 4.79 Å². The molecule has 5 nitrogen and oxygen atoms in total. The van der Waals surface area contributed by atoms with E-state index in [1.54, 1.807) is 0 Å². The molecule has 140 valence electrons. The molecule has 0 saturated carbocycles. The summed E-state index contributed by atoms with van der Waals surface area (Å²) in [6.45, 7) is 2.49. The van der Waals surface area contributed by atoms with Crippen LogP contribution in [0.1, 0.15) is 12.5 Å². The van der Waals surface area contributed by atoms with E-state index in [1.807, 2.05) is 49.4 Å². The molecule has 1 amide bonds. The molecule has 8 heteroatoms. The fourth-order valence-electron chi connectivity index (χ4n) is 2.32. The number of nitrogens with one attached hydrogen (secondary N) is 2. The van der Waals surface area contributed by atoms with Gasteiger partial charge in [-0.3, -0.25) is 4.79 Å². The number of hydrogen-bond donors (Lipinski definition) is 2. The number of carbonyl (C=O) groups is 1. The maximum atomic E-state index is 12.3. The monoisotopic (exact) mass is 418 g/mol. The van der Waals surface area contributed by atoms with Gasteiger partial charge in [-0.2, -0.15) is 0 Å². The van der Waals surface area contributed by atoms with E-state index >= 15 is 0 Å². The lowest BCUT2D eigenvalue weighted by atomic mass is 10.1. The molecule has 0 saturated heterocycles. The molecule has 0 fully saturated rings. The summed E-state index contributed by atoms with van der Waals surface area (Å²) in [6.07, 6.45) is 0.816. The van der Waals surface area contributed by atoms with Crippen LogP contribution in [0.25, 0.3) is 0 Å². The lowest BCUT2D eigenvalue weighted by Gasteiger charge is -2.10. The van der Waals surface area contributed by atoms with Crippen LogP contribution in [-0.2, 0) is 11.2 Å². The SMILES string of the molecule is C[C@H](Sc1nnc(Nc2cccc(Cl)c2)s1)C(=O)NCCc1ccccc1. The van der Waals surface area contributed by atoms with Crippen LogP contribution in [0.3, 0.4) is 0 Å². The van der Waals surface area contributed by atoms with Crippen LogP contribution in [0.2, 0.25) is 5.02 Å². The Bertz CT molecular complexity index is 888. The number of rotatable bonds is 8. The van der Waals surface area contributed by atoms with Crippen LogP contribution in [0, 0.1) is 0 Å². The molecule has 2 N–H and O–H groups in total. The van der Waals surface area contributed by atoms with Gasteiger partial charge >= 0.3 is 0 Å². The van der Waals surface area contributed by atoms with Gasteiger partial charge < -0.3 is 10.6 Å². The molecule has 0 radical (unpaired) electrons. The Morgan fingerprint density at radius 1 is 1.19 bits per heavy atom. The number of halogens is 1. The highest BCUT2D eigenvalue weighted by molar-refractivity contribution is 8.02. The molecule has 2 aromatic carbocycles. The Balaban J connectivity index is 1.46.